The minimum absolute atomic E-state index is 0.0175. The first-order valence-corrected chi connectivity index (χ1v) is 11.9. The normalized spacial score (nSPS) is 12.4. The number of hydrogen-bond donors (Lipinski definition) is 1. The van der Waals surface area contributed by atoms with Crippen LogP contribution < -0.4 is 10.9 Å². The molecule has 0 fully saturated rings. The van der Waals surface area contributed by atoms with Gasteiger partial charge in [0.05, 0.1) is 28.2 Å². The summed E-state index contributed by atoms with van der Waals surface area (Å²) in [6, 6.07) is 15.9. The van der Waals surface area contributed by atoms with Crippen molar-refractivity contribution in [2.45, 2.75) is 39.9 Å². The Labute approximate surface area is 212 Å². The Kier molecular flexibility index (Phi) is 7.07. The topological polar surface area (TPSA) is 67.2 Å². The molecule has 4 aromatic rings. The second kappa shape index (κ2) is 10.1. The van der Waals surface area contributed by atoms with Gasteiger partial charge in [-0.15, -0.1) is 0 Å². The zero-order valence-electron chi connectivity index (χ0n) is 20.9. The van der Waals surface area contributed by atoms with E-state index in [1.807, 2.05) is 32.0 Å². The van der Waals surface area contributed by atoms with Crippen molar-refractivity contribution >= 4 is 22.6 Å². The molecule has 2 amide bonds. The Morgan fingerprint density at radius 2 is 1.78 bits per heavy atom. The first-order valence-electron chi connectivity index (χ1n) is 11.9. The van der Waals surface area contributed by atoms with Crippen LogP contribution in [0, 0.1) is 13.8 Å². The molecule has 37 heavy (non-hydrogen) atoms. The number of carbonyl (C=O) groups is 1. The monoisotopic (exact) mass is 508 g/mol. The van der Waals surface area contributed by atoms with Crippen LogP contribution in [0.1, 0.15) is 42.4 Å². The first-order chi connectivity index (χ1) is 17.5. The van der Waals surface area contributed by atoms with Crippen LogP contribution >= 0.6 is 0 Å². The summed E-state index contributed by atoms with van der Waals surface area (Å²) in [5, 5.41) is 3.00. The third kappa shape index (κ3) is 5.21. The van der Waals surface area contributed by atoms with Gasteiger partial charge in [0.25, 0.3) is 5.56 Å². The molecule has 0 bridgehead atoms. The third-order valence-corrected chi connectivity index (χ3v) is 6.29. The zero-order valence-corrected chi connectivity index (χ0v) is 20.9. The van der Waals surface area contributed by atoms with Crippen molar-refractivity contribution in [1.82, 2.24) is 14.5 Å². The Balaban J connectivity index is 1.80. The van der Waals surface area contributed by atoms with E-state index in [4.69, 9.17) is 4.98 Å². The van der Waals surface area contributed by atoms with E-state index >= 15 is 0 Å². The van der Waals surface area contributed by atoms with Crippen LogP contribution in [0.3, 0.4) is 0 Å². The van der Waals surface area contributed by atoms with Gasteiger partial charge < -0.3 is 10.2 Å². The summed E-state index contributed by atoms with van der Waals surface area (Å²) in [7, 11) is 0. The number of nitrogens with zero attached hydrogens (tertiary/aromatic N) is 3. The number of nitrogens with one attached hydrogen (secondary N) is 1. The maximum atomic E-state index is 13.7. The number of fused-ring (bicyclic) bond motifs is 1. The molecule has 0 radical (unpaired) electrons. The number of carbonyl (C=O) groups excluding carboxylic acids is 1. The van der Waals surface area contributed by atoms with E-state index in [0.29, 0.717) is 22.4 Å². The fraction of sp³-hybridized carbons (Fsp3) is 0.250. The second-order valence-corrected chi connectivity index (χ2v) is 8.89. The zero-order chi connectivity index (χ0) is 26.9. The van der Waals surface area contributed by atoms with Crippen LogP contribution in [0.25, 0.3) is 16.6 Å². The van der Waals surface area contributed by atoms with Crippen molar-refractivity contribution in [3.05, 3.63) is 99.6 Å². The van der Waals surface area contributed by atoms with E-state index in [0.717, 1.165) is 23.3 Å². The smallest absolute Gasteiger partial charge is 0.315 e. The van der Waals surface area contributed by atoms with Crippen molar-refractivity contribution in [2.75, 3.05) is 11.9 Å². The van der Waals surface area contributed by atoms with E-state index in [2.05, 4.69) is 5.32 Å². The number of alkyl halides is 3. The van der Waals surface area contributed by atoms with Crippen LogP contribution in [0.5, 0.6) is 0 Å². The highest BCUT2D eigenvalue weighted by Gasteiger charge is 2.31. The molecule has 0 aliphatic rings. The summed E-state index contributed by atoms with van der Waals surface area (Å²) in [6.07, 6.45) is -4.53. The number of amides is 2. The van der Waals surface area contributed by atoms with Gasteiger partial charge in [-0.05, 0) is 75.2 Å². The van der Waals surface area contributed by atoms with Crippen LogP contribution in [0.4, 0.5) is 23.7 Å². The number of anilines is 1. The van der Waals surface area contributed by atoms with E-state index in [9.17, 15) is 22.8 Å². The Bertz CT molecular complexity index is 1530. The maximum absolute atomic E-state index is 13.7. The SMILES string of the molecule is CCN(C(=O)Nc1cccc(C(F)(F)F)c1)C(C)c1nc2ccccc2c(=O)n1-c1cc(C)ccc1C. The highest BCUT2D eigenvalue weighted by Crippen LogP contribution is 2.31. The van der Waals surface area contributed by atoms with E-state index in [-0.39, 0.29) is 17.8 Å². The number of rotatable bonds is 5. The van der Waals surface area contributed by atoms with Crippen LogP contribution in [-0.4, -0.2) is 27.0 Å². The van der Waals surface area contributed by atoms with Gasteiger partial charge >= 0.3 is 12.2 Å². The van der Waals surface area contributed by atoms with Gasteiger partial charge in [-0.1, -0.05) is 30.3 Å². The Morgan fingerprint density at radius 1 is 1.05 bits per heavy atom. The molecule has 0 saturated heterocycles. The van der Waals surface area contributed by atoms with Crippen molar-refractivity contribution in [3.8, 4) is 5.69 Å². The molecule has 4 rings (SSSR count). The molecule has 9 heteroatoms. The molecular formula is C28H27F3N4O2. The molecule has 1 aromatic heterocycles. The fourth-order valence-electron chi connectivity index (χ4n) is 4.32. The summed E-state index contributed by atoms with van der Waals surface area (Å²) < 4.78 is 41.0. The lowest BCUT2D eigenvalue weighted by atomic mass is 10.1. The number of halogens is 3. The summed E-state index contributed by atoms with van der Waals surface area (Å²) >= 11 is 0. The number of aromatic nitrogens is 2. The molecule has 1 unspecified atom stereocenters. The quantitative estimate of drug-likeness (QED) is 0.329. The number of para-hydroxylation sites is 1. The summed E-state index contributed by atoms with van der Waals surface area (Å²) in [4.78, 5) is 33.2. The van der Waals surface area contributed by atoms with Gasteiger partial charge in [0.2, 0.25) is 0 Å². The Morgan fingerprint density at radius 3 is 2.49 bits per heavy atom. The highest BCUT2D eigenvalue weighted by molar-refractivity contribution is 5.89. The minimum atomic E-state index is -4.53. The van der Waals surface area contributed by atoms with Crippen LogP contribution in [0.15, 0.2) is 71.5 Å². The maximum Gasteiger partial charge on any atom is 0.416 e. The summed E-state index contributed by atoms with van der Waals surface area (Å²) in [5.41, 5.74) is 1.84. The van der Waals surface area contributed by atoms with Crippen molar-refractivity contribution < 1.29 is 18.0 Å². The predicted octanol–water partition coefficient (Wildman–Crippen LogP) is 6.64. The molecule has 3 aromatic carbocycles. The average molecular weight is 509 g/mol. The van der Waals surface area contributed by atoms with Gasteiger partial charge in [-0.3, -0.25) is 9.36 Å². The van der Waals surface area contributed by atoms with E-state index < -0.39 is 23.8 Å². The summed E-state index contributed by atoms with van der Waals surface area (Å²) in [6.45, 7) is 7.54. The molecule has 0 aliphatic carbocycles. The largest absolute Gasteiger partial charge is 0.416 e. The van der Waals surface area contributed by atoms with Gasteiger partial charge in [0.1, 0.15) is 5.82 Å². The minimum Gasteiger partial charge on any atom is -0.315 e. The lowest BCUT2D eigenvalue weighted by Gasteiger charge is -2.30. The molecular weight excluding hydrogens is 481 g/mol. The number of aryl methyl sites for hydroxylation is 2. The first kappa shape index (κ1) is 25.9. The van der Waals surface area contributed by atoms with Crippen molar-refractivity contribution in [1.29, 1.82) is 0 Å². The van der Waals surface area contributed by atoms with Crippen LogP contribution in [0.2, 0.25) is 0 Å². The lowest BCUT2D eigenvalue weighted by Crippen LogP contribution is -2.39. The molecule has 1 heterocycles. The fourth-order valence-corrected chi connectivity index (χ4v) is 4.32. The second-order valence-electron chi connectivity index (χ2n) is 8.89. The van der Waals surface area contributed by atoms with Crippen LogP contribution in [-0.2, 0) is 6.18 Å². The van der Waals surface area contributed by atoms with Crippen molar-refractivity contribution in [3.63, 3.8) is 0 Å². The van der Waals surface area contributed by atoms with E-state index in [1.54, 1.807) is 38.1 Å². The van der Waals surface area contributed by atoms with Crippen molar-refractivity contribution in [2.24, 2.45) is 0 Å². The molecule has 1 atom stereocenters. The Hall–Kier alpha value is -4.14. The van der Waals surface area contributed by atoms with E-state index in [1.165, 1.54) is 21.6 Å². The molecule has 6 nitrogen and oxygen atoms in total. The van der Waals surface area contributed by atoms with Gasteiger partial charge in [0, 0.05) is 12.2 Å². The highest BCUT2D eigenvalue weighted by atomic mass is 19.4. The standard InChI is InChI=1S/C28H27F3N4O2/c1-5-34(27(37)32-21-10-8-9-20(16-21)28(29,30)31)19(4)25-33-23-12-7-6-11-22(23)26(36)35(25)24-15-17(2)13-14-18(24)3/h6-16,19H,5H2,1-4H3,(H,32,37). The predicted molar refractivity (Wildman–Crippen MR) is 138 cm³/mol. The molecule has 0 spiro atoms. The molecule has 192 valence electrons. The summed E-state index contributed by atoms with van der Waals surface area (Å²) in [5.74, 6) is 0.346. The third-order valence-electron chi connectivity index (χ3n) is 6.29. The number of hydrogen-bond acceptors (Lipinski definition) is 3. The molecule has 1 N–H and O–H groups in total. The van der Waals surface area contributed by atoms with Gasteiger partial charge in [0.15, 0.2) is 0 Å². The van der Waals surface area contributed by atoms with Gasteiger partial charge in [-0.2, -0.15) is 13.2 Å². The lowest BCUT2D eigenvalue weighted by molar-refractivity contribution is -0.137. The molecule has 0 saturated carbocycles. The average Bonchev–Trinajstić information content (AvgIpc) is 2.85. The number of urea groups is 1. The number of benzene rings is 3. The van der Waals surface area contributed by atoms with Gasteiger partial charge in [-0.25, -0.2) is 9.78 Å². The molecule has 0 aliphatic heterocycles.